The molecule has 1 aromatic heterocycles. The number of anilines is 1. The zero-order valence-corrected chi connectivity index (χ0v) is 12.0. The van der Waals surface area contributed by atoms with Crippen molar-refractivity contribution < 1.29 is 4.79 Å². The number of halogens is 1. The predicted octanol–water partition coefficient (Wildman–Crippen LogP) is 2.62. The van der Waals surface area contributed by atoms with Crippen LogP contribution in [0.15, 0.2) is 28.9 Å². The molecular weight excluding hydrogens is 308 g/mol. The molecule has 0 aliphatic carbocycles. The third-order valence-electron chi connectivity index (χ3n) is 2.62. The zero-order chi connectivity index (χ0) is 14.0. The van der Waals surface area contributed by atoms with Crippen molar-refractivity contribution in [1.82, 2.24) is 9.78 Å². The highest BCUT2D eigenvalue weighted by molar-refractivity contribution is 9.10. The number of aromatic nitrogens is 2. The first-order chi connectivity index (χ1) is 9.02. The van der Waals surface area contributed by atoms with Crippen LogP contribution in [0.3, 0.4) is 0 Å². The van der Waals surface area contributed by atoms with Gasteiger partial charge in [0, 0.05) is 17.7 Å². The van der Waals surface area contributed by atoms with Crippen LogP contribution in [0.25, 0.3) is 0 Å². The minimum absolute atomic E-state index is 0.267. The molecule has 0 aliphatic heterocycles. The summed E-state index contributed by atoms with van der Waals surface area (Å²) in [4.78, 5) is 12.2. The molecule has 1 amide bonds. The van der Waals surface area contributed by atoms with Gasteiger partial charge in [0.15, 0.2) is 5.82 Å². The predicted molar refractivity (Wildman–Crippen MR) is 74.8 cm³/mol. The fourth-order valence-electron chi connectivity index (χ4n) is 1.66. The van der Waals surface area contributed by atoms with Crippen LogP contribution in [-0.4, -0.2) is 15.7 Å². The monoisotopic (exact) mass is 318 g/mol. The summed E-state index contributed by atoms with van der Waals surface area (Å²) >= 11 is 3.38. The summed E-state index contributed by atoms with van der Waals surface area (Å²) in [5.41, 5.74) is 1.81. The van der Waals surface area contributed by atoms with E-state index in [2.05, 4.69) is 26.3 Å². The van der Waals surface area contributed by atoms with Crippen molar-refractivity contribution in [1.29, 1.82) is 5.26 Å². The average molecular weight is 319 g/mol. The Morgan fingerprint density at radius 2 is 2.26 bits per heavy atom. The highest BCUT2D eigenvalue weighted by Crippen LogP contribution is 2.22. The molecule has 19 heavy (non-hydrogen) atoms. The van der Waals surface area contributed by atoms with Gasteiger partial charge >= 0.3 is 0 Å². The molecule has 1 N–H and O–H groups in total. The van der Waals surface area contributed by atoms with E-state index in [-0.39, 0.29) is 11.7 Å². The molecule has 6 heteroatoms. The molecule has 0 aliphatic rings. The van der Waals surface area contributed by atoms with E-state index in [1.54, 1.807) is 25.4 Å². The molecule has 2 rings (SSSR count). The third-order valence-corrected chi connectivity index (χ3v) is 3.67. The van der Waals surface area contributed by atoms with Gasteiger partial charge in [-0.1, -0.05) is 12.1 Å². The van der Waals surface area contributed by atoms with Crippen molar-refractivity contribution in [2.45, 2.75) is 6.92 Å². The normalized spacial score (nSPS) is 10.0. The van der Waals surface area contributed by atoms with Gasteiger partial charge in [-0.15, -0.1) is 0 Å². The van der Waals surface area contributed by atoms with E-state index >= 15 is 0 Å². The van der Waals surface area contributed by atoms with Gasteiger partial charge in [-0.05, 0) is 34.5 Å². The van der Waals surface area contributed by atoms with Gasteiger partial charge in [0.05, 0.1) is 5.56 Å². The minimum atomic E-state index is -0.300. The molecule has 0 atom stereocenters. The third kappa shape index (κ3) is 2.66. The Labute approximate surface area is 119 Å². The number of benzene rings is 1. The van der Waals surface area contributed by atoms with Gasteiger partial charge in [0.2, 0.25) is 0 Å². The molecule has 1 aromatic carbocycles. The summed E-state index contributed by atoms with van der Waals surface area (Å²) in [6.45, 7) is 1.91. The lowest BCUT2D eigenvalue weighted by Crippen LogP contribution is -2.14. The number of aryl methyl sites for hydroxylation is 2. The number of carbonyl (C=O) groups excluding carboxylic acids is 1. The van der Waals surface area contributed by atoms with E-state index in [1.807, 2.05) is 19.1 Å². The molecule has 0 fully saturated rings. The summed E-state index contributed by atoms with van der Waals surface area (Å²) in [5.74, 6) is -0.0332. The number of amides is 1. The van der Waals surface area contributed by atoms with Crippen LogP contribution in [0.4, 0.5) is 5.82 Å². The molecule has 0 saturated heterocycles. The van der Waals surface area contributed by atoms with Crippen molar-refractivity contribution >= 4 is 27.7 Å². The van der Waals surface area contributed by atoms with E-state index in [0.29, 0.717) is 11.1 Å². The summed E-state index contributed by atoms with van der Waals surface area (Å²) in [6, 6.07) is 7.41. The first-order valence-electron chi connectivity index (χ1n) is 5.53. The SMILES string of the molecule is Cc1cccc(C(=O)Nc2nn(C)cc2C#N)c1Br. The first kappa shape index (κ1) is 13.3. The van der Waals surface area contributed by atoms with Crippen LogP contribution in [0.2, 0.25) is 0 Å². The second-order valence-corrected chi connectivity index (χ2v) is 4.86. The number of nitrogens with zero attached hydrogens (tertiary/aromatic N) is 3. The Kier molecular flexibility index (Phi) is 3.67. The van der Waals surface area contributed by atoms with Gasteiger partial charge in [-0.2, -0.15) is 10.4 Å². The number of hydrogen-bond acceptors (Lipinski definition) is 3. The first-order valence-corrected chi connectivity index (χ1v) is 6.32. The largest absolute Gasteiger partial charge is 0.304 e. The van der Waals surface area contributed by atoms with Crippen molar-refractivity contribution in [2.24, 2.45) is 7.05 Å². The lowest BCUT2D eigenvalue weighted by atomic mass is 10.1. The van der Waals surface area contributed by atoms with Crippen LogP contribution in [0.1, 0.15) is 21.5 Å². The second kappa shape index (κ2) is 5.24. The summed E-state index contributed by atoms with van der Waals surface area (Å²) in [5, 5.41) is 15.6. The fraction of sp³-hybridized carbons (Fsp3) is 0.154. The van der Waals surface area contributed by atoms with Crippen LogP contribution < -0.4 is 5.32 Å². The molecular formula is C13H11BrN4O. The lowest BCUT2D eigenvalue weighted by Gasteiger charge is -2.06. The maximum absolute atomic E-state index is 12.2. The Morgan fingerprint density at radius 3 is 2.95 bits per heavy atom. The number of nitrogens with one attached hydrogen (secondary N) is 1. The fourth-order valence-corrected chi connectivity index (χ4v) is 2.10. The summed E-state index contributed by atoms with van der Waals surface area (Å²) in [7, 11) is 1.69. The van der Waals surface area contributed by atoms with E-state index in [9.17, 15) is 4.79 Å². The highest BCUT2D eigenvalue weighted by atomic mass is 79.9. The number of nitriles is 1. The van der Waals surface area contributed by atoms with E-state index < -0.39 is 0 Å². The van der Waals surface area contributed by atoms with E-state index in [4.69, 9.17) is 5.26 Å². The number of hydrogen-bond donors (Lipinski definition) is 1. The molecule has 0 bridgehead atoms. The van der Waals surface area contributed by atoms with Crippen LogP contribution in [-0.2, 0) is 7.05 Å². The Hall–Kier alpha value is -2.13. The summed E-state index contributed by atoms with van der Waals surface area (Å²) in [6.07, 6.45) is 1.56. The Balaban J connectivity index is 2.31. The zero-order valence-electron chi connectivity index (χ0n) is 10.4. The number of carbonyl (C=O) groups is 1. The minimum Gasteiger partial charge on any atom is -0.304 e. The van der Waals surface area contributed by atoms with Gasteiger partial charge in [0.25, 0.3) is 5.91 Å². The molecule has 0 spiro atoms. The van der Waals surface area contributed by atoms with Crippen LogP contribution >= 0.6 is 15.9 Å². The maximum Gasteiger partial charge on any atom is 0.258 e. The molecule has 2 aromatic rings. The van der Waals surface area contributed by atoms with Gasteiger partial charge in [0.1, 0.15) is 11.6 Å². The molecule has 0 saturated carbocycles. The Morgan fingerprint density at radius 1 is 1.53 bits per heavy atom. The maximum atomic E-state index is 12.2. The summed E-state index contributed by atoms with van der Waals surface area (Å²) < 4.78 is 2.22. The molecule has 0 unspecified atom stereocenters. The van der Waals surface area contributed by atoms with Crippen molar-refractivity contribution in [2.75, 3.05) is 5.32 Å². The van der Waals surface area contributed by atoms with Gasteiger partial charge in [-0.3, -0.25) is 9.48 Å². The van der Waals surface area contributed by atoms with Crippen LogP contribution in [0.5, 0.6) is 0 Å². The van der Waals surface area contributed by atoms with E-state index in [0.717, 1.165) is 10.0 Å². The number of rotatable bonds is 2. The smallest absolute Gasteiger partial charge is 0.258 e. The van der Waals surface area contributed by atoms with Crippen molar-refractivity contribution in [3.8, 4) is 6.07 Å². The molecule has 5 nitrogen and oxygen atoms in total. The quantitative estimate of drug-likeness (QED) is 0.925. The van der Waals surface area contributed by atoms with Crippen molar-refractivity contribution in [3.63, 3.8) is 0 Å². The lowest BCUT2D eigenvalue weighted by molar-refractivity contribution is 0.102. The highest BCUT2D eigenvalue weighted by Gasteiger charge is 2.15. The topological polar surface area (TPSA) is 70.7 Å². The second-order valence-electron chi connectivity index (χ2n) is 4.07. The molecule has 1 heterocycles. The van der Waals surface area contributed by atoms with Crippen LogP contribution in [0, 0.1) is 18.3 Å². The average Bonchev–Trinajstić information content (AvgIpc) is 2.72. The van der Waals surface area contributed by atoms with Gasteiger partial charge < -0.3 is 5.32 Å². The Bertz CT molecular complexity index is 684. The molecule has 96 valence electrons. The van der Waals surface area contributed by atoms with Crippen molar-refractivity contribution in [3.05, 3.63) is 45.6 Å². The standard InChI is InChI=1S/C13H11BrN4O/c1-8-4-3-5-10(11(8)14)13(19)16-12-9(6-15)7-18(2)17-12/h3-5,7H,1-2H3,(H,16,17,19). The van der Waals surface area contributed by atoms with Gasteiger partial charge in [-0.25, -0.2) is 0 Å². The van der Waals surface area contributed by atoms with E-state index in [1.165, 1.54) is 4.68 Å². The molecule has 0 radical (unpaired) electrons.